The van der Waals surface area contributed by atoms with Crippen LogP contribution in [0.2, 0.25) is 5.02 Å². The average Bonchev–Trinajstić information content (AvgIpc) is 2.46. The standard InChI is InChI=1S/C16H24Cl2O2/c1-5-7-11(8-6-2)16(18)12-9-14(19-3)15(20-4)10-13(12)17/h9-11,16H,5-8H2,1-4H3. The van der Waals surface area contributed by atoms with Crippen molar-refractivity contribution < 1.29 is 9.47 Å². The minimum absolute atomic E-state index is 0.0952. The lowest BCUT2D eigenvalue weighted by Crippen LogP contribution is -2.09. The molecule has 20 heavy (non-hydrogen) atoms. The predicted molar refractivity (Wildman–Crippen MR) is 86.5 cm³/mol. The Kier molecular flexibility index (Phi) is 7.53. The Balaban J connectivity index is 3.09. The first-order valence-corrected chi connectivity index (χ1v) is 7.95. The van der Waals surface area contributed by atoms with Gasteiger partial charge in [0.2, 0.25) is 0 Å². The first-order chi connectivity index (χ1) is 9.58. The first-order valence-electron chi connectivity index (χ1n) is 7.14. The van der Waals surface area contributed by atoms with E-state index < -0.39 is 0 Å². The van der Waals surface area contributed by atoms with E-state index in [1.807, 2.05) is 6.07 Å². The zero-order valence-electron chi connectivity index (χ0n) is 12.7. The van der Waals surface area contributed by atoms with Crippen molar-refractivity contribution in [2.45, 2.75) is 44.9 Å². The fourth-order valence-corrected chi connectivity index (χ4v) is 3.27. The fraction of sp³-hybridized carbons (Fsp3) is 0.625. The van der Waals surface area contributed by atoms with Crippen molar-refractivity contribution in [2.75, 3.05) is 14.2 Å². The lowest BCUT2D eigenvalue weighted by Gasteiger charge is -2.23. The van der Waals surface area contributed by atoms with Gasteiger partial charge in [-0.2, -0.15) is 0 Å². The number of benzene rings is 1. The van der Waals surface area contributed by atoms with Crippen LogP contribution < -0.4 is 9.47 Å². The highest BCUT2D eigenvalue weighted by Gasteiger charge is 2.23. The Labute approximate surface area is 132 Å². The zero-order valence-corrected chi connectivity index (χ0v) is 14.2. The molecule has 0 fully saturated rings. The van der Waals surface area contributed by atoms with Gasteiger partial charge in [0, 0.05) is 11.1 Å². The maximum Gasteiger partial charge on any atom is 0.162 e. The van der Waals surface area contributed by atoms with E-state index in [2.05, 4.69) is 13.8 Å². The summed E-state index contributed by atoms with van der Waals surface area (Å²) < 4.78 is 10.6. The molecule has 114 valence electrons. The van der Waals surface area contributed by atoms with Crippen molar-refractivity contribution in [3.63, 3.8) is 0 Å². The molecule has 1 atom stereocenters. The fourth-order valence-electron chi connectivity index (χ4n) is 2.51. The lowest BCUT2D eigenvalue weighted by atomic mass is 9.90. The molecule has 0 heterocycles. The molecule has 1 unspecified atom stereocenters. The number of ether oxygens (including phenoxy) is 2. The van der Waals surface area contributed by atoms with E-state index in [-0.39, 0.29) is 5.38 Å². The summed E-state index contributed by atoms with van der Waals surface area (Å²) in [5, 5.41) is 0.544. The zero-order chi connectivity index (χ0) is 15.1. The first kappa shape index (κ1) is 17.5. The van der Waals surface area contributed by atoms with Crippen LogP contribution in [0.15, 0.2) is 12.1 Å². The van der Waals surface area contributed by atoms with Gasteiger partial charge >= 0.3 is 0 Å². The third-order valence-corrected chi connectivity index (χ3v) is 4.45. The van der Waals surface area contributed by atoms with E-state index in [0.717, 1.165) is 31.2 Å². The van der Waals surface area contributed by atoms with Crippen LogP contribution in [-0.4, -0.2) is 14.2 Å². The predicted octanol–water partition coefficient (Wildman–Crippen LogP) is 5.85. The molecule has 1 rings (SSSR count). The summed E-state index contributed by atoms with van der Waals surface area (Å²) in [4.78, 5) is 0. The molecule has 1 aromatic rings. The van der Waals surface area contributed by atoms with Crippen molar-refractivity contribution in [3.8, 4) is 11.5 Å². The number of methoxy groups -OCH3 is 2. The maximum absolute atomic E-state index is 6.68. The topological polar surface area (TPSA) is 18.5 Å². The molecule has 4 heteroatoms. The highest BCUT2D eigenvalue weighted by atomic mass is 35.5. The van der Waals surface area contributed by atoms with Gasteiger partial charge in [0.15, 0.2) is 11.5 Å². The van der Waals surface area contributed by atoms with E-state index in [1.165, 1.54) is 0 Å². The Morgan fingerprint density at radius 3 is 1.95 bits per heavy atom. The second-order valence-electron chi connectivity index (χ2n) is 4.97. The number of rotatable bonds is 8. The molecule has 0 radical (unpaired) electrons. The molecule has 2 nitrogen and oxygen atoms in total. The lowest BCUT2D eigenvalue weighted by molar-refractivity contribution is 0.353. The summed E-state index contributed by atoms with van der Waals surface area (Å²) in [6, 6.07) is 3.68. The van der Waals surface area contributed by atoms with Gasteiger partial charge in [-0.15, -0.1) is 11.6 Å². The van der Waals surface area contributed by atoms with Gasteiger partial charge in [0.05, 0.1) is 19.6 Å². The van der Waals surface area contributed by atoms with Crippen molar-refractivity contribution >= 4 is 23.2 Å². The number of alkyl halides is 1. The number of hydrogen-bond acceptors (Lipinski definition) is 2. The molecule has 0 aliphatic carbocycles. The molecule has 0 aromatic heterocycles. The molecule has 0 N–H and O–H groups in total. The van der Waals surface area contributed by atoms with Crippen LogP contribution in [0.3, 0.4) is 0 Å². The summed E-state index contributed by atoms with van der Waals surface area (Å²) in [6.45, 7) is 4.37. The van der Waals surface area contributed by atoms with Gasteiger partial charge in [-0.05, 0) is 30.4 Å². The quantitative estimate of drug-likeness (QED) is 0.559. The Bertz CT molecular complexity index is 415. The second kappa shape index (κ2) is 8.63. The van der Waals surface area contributed by atoms with Crippen LogP contribution >= 0.6 is 23.2 Å². The summed E-state index contributed by atoms with van der Waals surface area (Å²) in [6.07, 6.45) is 4.46. The largest absolute Gasteiger partial charge is 0.493 e. The second-order valence-corrected chi connectivity index (χ2v) is 5.85. The van der Waals surface area contributed by atoms with Crippen LogP contribution in [0, 0.1) is 5.92 Å². The smallest absolute Gasteiger partial charge is 0.162 e. The van der Waals surface area contributed by atoms with Crippen LogP contribution in [0.25, 0.3) is 0 Å². The SMILES string of the molecule is CCCC(CCC)C(Cl)c1cc(OC)c(OC)cc1Cl. The minimum atomic E-state index is -0.0952. The molecular formula is C16H24Cl2O2. The van der Waals surface area contributed by atoms with Crippen molar-refractivity contribution in [3.05, 3.63) is 22.7 Å². The van der Waals surface area contributed by atoms with E-state index in [0.29, 0.717) is 22.4 Å². The summed E-state index contributed by atoms with van der Waals surface area (Å²) in [5.41, 5.74) is 0.929. The third kappa shape index (κ3) is 4.20. The third-order valence-electron chi connectivity index (χ3n) is 3.53. The van der Waals surface area contributed by atoms with Crippen molar-refractivity contribution in [1.29, 1.82) is 0 Å². The molecule has 0 aliphatic rings. The minimum Gasteiger partial charge on any atom is -0.493 e. The molecule has 0 saturated heterocycles. The van der Waals surface area contributed by atoms with Gasteiger partial charge in [-0.25, -0.2) is 0 Å². The highest BCUT2D eigenvalue weighted by molar-refractivity contribution is 6.33. The number of halogens is 2. The molecule has 0 spiro atoms. The molecule has 1 aromatic carbocycles. The van der Waals surface area contributed by atoms with E-state index in [4.69, 9.17) is 32.7 Å². The van der Waals surface area contributed by atoms with Crippen LogP contribution in [0.4, 0.5) is 0 Å². The average molecular weight is 319 g/mol. The normalized spacial score (nSPS) is 12.6. The highest BCUT2D eigenvalue weighted by Crippen LogP contribution is 2.42. The summed E-state index contributed by atoms with van der Waals surface area (Å²) in [5.74, 6) is 1.74. The maximum atomic E-state index is 6.68. The summed E-state index contributed by atoms with van der Waals surface area (Å²) in [7, 11) is 3.22. The van der Waals surface area contributed by atoms with Gasteiger partial charge in [-0.3, -0.25) is 0 Å². The van der Waals surface area contributed by atoms with Crippen LogP contribution in [0.5, 0.6) is 11.5 Å². The van der Waals surface area contributed by atoms with E-state index in [9.17, 15) is 0 Å². The molecule has 0 aliphatic heterocycles. The Hall–Kier alpha value is -0.600. The van der Waals surface area contributed by atoms with Crippen LogP contribution in [0.1, 0.15) is 50.5 Å². The molecular weight excluding hydrogens is 295 g/mol. The van der Waals surface area contributed by atoms with E-state index >= 15 is 0 Å². The Morgan fingerprint density at radius 2 is 1.50 bits per heavy atom. The van der Waals surface area contributed by atoms with Crippen molar-refractivity contribution in [2.24, 2.45) is 5.92 Å². The Morgan fingerprint density at radius 1 is 1.00 bits per heavy atom. The van der Waals surface area contributed by atoms with Crippen molar-refractivity contribution in [1.82, 2.24) is 0 Å². The van der Waals surface area contributed by atoms with Gasteiger partial charge in [0.1, 0.15) is 0 Å². The number of hydrogen-bond donors (Lipinski definition) is 0. The van der Waals surface area contributed by atoms with E-state index in [1.54, 1.807) is 20.3 Å². The van der Waals surface area contributed by atoms with Gasteiger partial charge < -0.3 is 9.47 Å². The van der Waals surface area contributed by atoms with Crippen LogP contribution in [-0.2, 0) is 0 Å². The summed E-state index contributed by atoms with van der Waals surface area (Å²) >= 11 is 13.0. The van der Waals surface area contributed by atoms with Gasteiger partial charge in [0.25, 0.3) is 0 Å². The molecule has 0 saturated carbocycles. The molecule has 0 amide bonds. The van der Waals surface area contributed by atoms with Gasteiger partial charge in [-0.1, -0.05) is 38.3 Å². The molecule has 0 bridgehead atoms. The monoisotopic (exact) mass is 318 g/mol.